The summed E-state index contributed by atoms with van der Waals surface area (Å²) in [7, 11) is 1.50. The summed E-state index contributed by atoms with van der Waals surface area (Å²) in [5, 5.41) is 11.6. The second kappa shape index (κ2) is 6.00. The number of nitrogens with one attached hydrogen (secondary N) is 1. The minimum Gasteiger partial charge on any atom is -0.478 e. The van der Waals surface area contributed by atoms with Crippen molar-refractivity contribution in [1.82, 2.24) is 0 Å². The summed E-state index contributed by atoms with van der Waals surface area (Å²) in [5.41, 5.74) is 1.23. The maximum Gasteiger partial charge on any atom is 0.337 e. The van der Waals surface area contributed by atoms with Gasteiger partial charge in [0, 0.05) is 7.11 Å². The Morgan fingerprint density at radius 2 is 2.12 bits per heavy atom. The van der Waals surface area contributed by atoms with Gasteiger partial charge < -0.3 is 15.2 Å². The van der Waals surface area contributed by atoms with Crippen molar-refractivity contribution < 1.29 is 19.4 Å². The topological polar surface area (TPSA) is 75.6 Å². The first kappa shape index (κ1) is 13.2. The molecule has 5 nitrogen and oxygen atoms in total. The molecule has 0 aliphatic heterocycles. The van der Waals surface area contributed by atoms with Crippen molar-refractivity contribution >= 4 is 17.6 Å². The molecule has 17 heavy (non-hydrogen) atoms. The molecule has 0 fully saturated rings. The number of benzene rings is 1. The summed E-state index contributed by atoms with van der Waals surface area (Å²) in [6.07, 6.45) is 0.198. The van der Waals surface area contributed by atoms with E-state index < -0.39 is 5.97 Å². The van der Waals surface area contributed by atoms with Crippen molar-refractivity contribution in [2.45, 2.75) is 13.3 Å². The fraction of sp³-hybridized carbons (Fsp3) is 0.333. The lowest BCUT2D eigenvalue weighted by molar-refractivity contribution is -0.117. The minimum absolute atomic E-state index is 0.0933. The van der Waals surface area contributed by atoms with E-state index in [9.17, 15) is 9.59 Å². The van der Waals surface area contributed by atoms with Gasteiger partial charge in [-0.05, 0) is 19.1 Å². The second-order valence-corrected chi connectivity index (χ2v) is 3.65. The molecule has 5 heteroatoms. The Morgan fingerprint density at radius 1 is 1.41 bits per heavy atom. The van der Waals surface area contributed by atoms with Gasteiger partial charge in [-0.3, -0.25) is 4.79 Å². The fourth-order valence-corrected chi connectivity index (χ4v) is 1.35. The standard InChI is InChI=1S/C12H15NO4/c1-8-3-4-10(9(7-8)12(15)16)13-11(14)5-6-17-2/h3-4,7H,5-6H2,1-2H3,(H,13,14)(H,15,16). The molecule has 0 aliphatic carbocycles. The highest BCUT2D eigenvalue weighted by Crippen LogP contribution is 2.17. The van der Waals surface area contributed by atoms with Gasteiger partial charge >= 0.3 is 5.97 Å². The third-order valence-electron chi connectivity index (χ3n) is 2.21. The number of carbonyl (C=O) groups excluding carboxylic acids is 1. The number of carboxylic acid groups (broad SMARTS) is 1. The lowest BCUT2D eigenvalue weighted by Crippen LogP contribution is -2.16. The predicted molar refractivity (Wildman–Crippen MR) is 63.3 cm³/mol. The number of carbonyl (C=O) groups is 2. The third kappa shape index (κ3) is 3.88. The largest absolute Gasteiger partial charge is 0.478 e. The number of amides is 1. The molecule has 0 aromatic heterocycles. The van der Waals surface area contributed by atoms with Crippen molar-refractivity contribution in [2.24, 2.45) is 0 Å². The minimum atomic E-state index is -1.06. The van der Waals surface area contributed by atoms with Crippen molar-refractivity contribution in [2.75, 3.05) is 19.0 Å². The Labute approximate surface area is 99.4 Å². The molecule has 0 spiro atoms. The van der Waals surface area contributed by atoms with Gasteiger partial charge in [-0.25, -0.2) is 4.79 Å². The summed E-state index contributed by atoms with van der Waals surface area (Å²) in [6, 6.07) is 4.86. The smallest absolute Gasteiger partial charge is 0.337 e. The zero-order valence-corrected chi connectivity index (χ0v) is 9.82. The Balaban J connectivity index is 2.83. The highest BCUT2D eigenvalue weighted by molar-refractivity contribution is 6.00. The van der Waals surface area contributed by atoms with Crippen LogP contribution in [-0.4, -0.2) is 30.7 Å². The number of methoxy groups -OCH3 is 1. The molecular formula is C12H15NO4. The average molecular weight is 237 g/mol. The Bertz CT molecular complexity index is 429. The van der Waals surface area contributed by atoms with Gasteiger partial charge in [0.1, 0.15) is 0 Å². The summed E-state index contributed by atoms with van der Waals surface area (Å²) in [6.45, 7) is 2.10. The summed E-state index contributed by atoms with van der Waals surface area (Å²) >= 11 is 0. The number of aryl methyl sites for hydroxylation is 1. The molecule has 1 amide bonds. The van der Waals surface area contributed by atoms with Crippen LogP contribution in [0.1, 0.15) is 22.3 Å². The molecule has 0 radical (unpaired) electrons. The van der Waals surface area contributed by atoms with Crippen LogP contribution in [-0.2, 0) is 9.53 Å². The fourth-order valence-electron chi connectivity index (χ4n) is 1.35. The van der Waals surface area contributed by atoms with Crippen LogP contribution >= 0.6 is 0 Å². The molecule has 0 aliphatic rings. The van der Waals surface area contributed by atoms with Gasteiger partial charge in [0.05, 0.1) is 24.3 Å². The van der Waals surface area contributed by atoms with Crippen LogP contribution in [0.4, 0.5) is 5.69 Å². The molecule has 92 valence electrons. The molecule has 0 bridgehead atoms. The normalized spacial score (nSPS) is 10.0. The van der Waals surface area contributed by atoms with Crippen molar-refractivity contribution in [3.63, 3.8) is 0 Å². The third-order valence-corrected chi connectivity index (χ3v) is 2.21. The first-order valence-corrected chi connectivity index (χ1v) is 5.17. The van der Waals surface area contributed by atoms with E-state index in [4.69, 9.17) is 9.84 Å². The lowest BCUT2D eigenvalue weighted by Gasteiger charge is -2.09. The van der Waals surface area contributed by atoms with Crippen LogP contribution in [0.5, 0.6) is 0 Å². The van der Waals surface area contributed by atoms with Crippen LogP contribution in [0.25, 0.3) is 0 Å². The van der Waals surface area contributed by atoms with E-state index in [1.165, 1.54) is 13.2 Å². The number of anilines is 1. The van der Waals surface area contributed by atoms with E-state index in [1.54, 1.807) is 19.1 Å². The monoisotopic (exact) mass is 237 g/mol. The molecule has 0 saturated carbocycles. The summed E-state index contributed by atoms with van der Waals surface area (Å²) < 4.78 is 4.77. The quantitative estimate of drug-likeness (QED) is 0.816. The average Bonchev–Trinajstić information content (AvgIpc) is 2.28. The molecule has 2 N–H and O–H groups in total. The van der Waals surface area contributed by atoms with Crippen molar-refractivity contribution in [3.05, 3.63) is 29.3 Å². The number of rotatable bonds is 5. The molecule has 0 heterocycles. The maximum atomic E-state index is 11.4. The van der Waals surface area contributed by atoms with E-state index in [-0.39, 0.29) is 17.9 Å². The zero-order valence-electron chi connectivity index (χ0n) is 9.82. The summed E-state index contributed by atoms with van der Waals surface area (Å²) in [4.78, 5) is 22.4. The Morgan fingerprint density at radius 3 is 2.71 bits per heavy atom. The van der Waals surface area contributed by atoms with Gasteiger partial charge in [0.2, 0.25) is 5.91 Å². The highest BCUT2D eigenvalue weighted by Gasteiger charge is 2.12. The number of aromatic carboxylic acids is 1. The first-order chi connectivity index (χ1) is 8.04. The van der Waals surface area contributed by atoms with Crippen LogP contribution in [0.2, 0.25) is 0 Å². The van der Waals surface area contributed by atoms with E-state index >= 15 is 0 Å². The number of ether oxygens (including phenoxy) is 1. The highest BCUT2D eigenvalue weighted by atomic mass is 16.5. The van der Waals surface area contributed by atoms with E-state index in [0.29, 0.717) is 12.3 Å². The number of carboxylic acids is 1. The van der Waals surface area contributed by atoms with Gasteiger partial charge in [-0.2, -0.15) is 0 Å². The van der Waals surface area contributed by atoms with Crippen LogP contribution in [0, 0.1) is 6.92 Å². The molecule has 1 aromatic carbocycles. The molecular weight excluding hydrogens is 222 g/mol. The maximum absolute atomic E-state index is 11.4. The van der Waals surface area contributed by atoms with Gasteiger partial charge in [0.15, 0.2) is 0 Å². The summed E-state index contributed by atoms with van der Waals surface area (Å²) in [5.74, 6) is -1.33. The zero-order chi connectivity index (χ0) is 12.8. The molecule has 0 atom stereocenters. The number of hydrogen-bond acceptors (Lipinski definition) is 3. The van der Waals surface area contributed by atoms with Crippen LogP contribution in [0.3, 0.4) is 0 Å². The second-order valence-electron chi connectivity index (χ2n) is 3.65. The first-order valence-electron chi connectivity index (χ1n) is 5.17. The van der Waals surface area contributed by atoms with E-state index in [0.717, 1.165) is 5.56 Å². The van der Waals surface area contributed by atoms with Gasteiger partial charge in [0.25, 0.3) is 0 Å². The van der Waals surface area contributed by atoms with Gasteiger partial charge in [-0.15, -0.1) is 0 Å². The Hall–Kier alpha value is -1.88. The van der Waals surface area contributed by atoms with E-state index in [2.05, 4.69) is 5.32 Å². The van der Waals surface area contributed by atoms with Gasteiger partial charge in [-0.1, -0.05) is 11.6 Å². The molecule has 1 rings (SSSR count). The van der Waals surface area contributed by atoms with Crippen LogP contribution in [0.15, 0.2) is 18.2 Å². The van der Waals surface area contributed by atoms with Crippen LogP contribution < -0.4 is 5.32 Å². The molecule has 1 aromatic rings. The van der Waals surface area contributed by atoms with Crippen molar-refractivity contribution in [3.8, 4) is 0 Å². The molecule has 0 unspecified atom stereocenters. The van der Waals surface area contributed by atoms with Crippen molar-refractivity contribution in [1.29, 1.82) is 0 Å². The molecule has 0 saturated heterocycles. The SMILES string of the molecule is COCCC(=O)Nc1ccc(C)cc1C(=O)O. The lowest BCUT2D eigenvalue weighted by atomic mass is 10.1. The predicted octanol–water partition coefficient (Wildman–Crippen LogP) is 1.67. The Kier molecular flexibility index (Phi) is 4.66. The number of hydrogen-bond donors (Lipinski definition) is 2. The van der Waals surface area contributed by atoms with E-state index in [1.807, 2.05) is 0 Å².